The SMILES string of the molecule is CN(C)CCN1C[C@@H]2CN(Cc3ccsc3)C[C@@H]2C1=O.O=C(O)C(F)(F)F.O=C(O)C(F)(F)F. The van der Waals surface area contributed by atoms with E-state index in [1.54, 1.807) is 11.3 Å². The van der Waals surface area contributed by atoms with E-state index in [0.717, 1.165) is 39.3 Å². The molecule has 0 saturated carbocycles. The Morgan fingerprint density at radius 1 is 1.06 bits per heavy atom. The highest BCUT2D eigenvalue weighted by Gasteiger charge is 2.45. The fraction of sp³-hybridized carbons (Fsp3) is 0.632. The summed E-state index contributed by atoms with van der Waals surface area (Å²) in [5.41, 5.74) is 1.38. The summed E-state index contributed by atoms with van der Waals surface area (Å²) in [6.07, 6.45) is -10.2. The Kier molecular flexibility index (Phi) is 10.8. The molecule has 8 nitrogen and oxygen atoms in total. The number of likely N-dealkylation sites (N-methyl/N-ethyl adjacent to an activating group) is 1. The van der Waals surface area contributed by atoms with Crippen molar-refractivity contribution in [3.05, 3.63) is 22.4 Å². The van der Waals surface area contributed by atoms with Crippen LogP contribution in [0.25, 0.3) is 0 Å². The highest BCUT2D eigenvalue weighted by atomic mass is 32.1. The van der Waals surface area contributed by atoms with Crippen molar-refractivity contribution in [2.45, 2.75) is 18.9 Å². The van der Waals surface area contributed by atoms with E-state index in [1.165, 1.54) is 5.56 Å². The van der Waals surface area contributed by atoms with Gasteiger partial charge < -0.3 is 20.0 Å². The number of hydrogen-bond acceptors (Lipinski definition) is 6. The molecule has 2 N–H and O–H groups in total. The quantitative estimate of drug-likeness (QED) is 0.575. The second kappa shape index (κ2) is 12.4. The molecule has 34 heavy (non-hydrogen) atoms. The minimum Gasteiger partial charge on any atom is -0.475 e. The van der Waals surface area contributed by atoms with Crippen LogP contribution in [0.5, 0.6) is 0 Å². The van der Waals surface area contributed by atoms with E-state index in [-0.39, 0.29) is 5.92 Å². The zero-order chi connectivity index (χ0) is 26.3. The molecule has 1 aromatic rings. The molecule has 0 spiro atoms. The maximum Gasteiger partial charge on any atom is 0.490 e. The first-order valence-electron chi connectivity index (χ1n) is 9.79. The van der Waals surface area contributed by atoms with Crippen molar-refractivity contribution in [1.29, 1.82) is 0 Å². The Hall–Kier alpha value is -2.39. The molecule has 15 heteroatoms. The van der Waals surface area contributed by atoms with Gasteiger partial charge in [-0.1, -0.05) is 0 Å². The van der Waals surface area contributed by atoms with Gasteiger partial charge in [0.2, 0.25) is 5.91 Å². The first kappa shape index (κ1) is 29.6. The van der Waals surface area contributed by atoms with Gasteiger partial charge in [-0.2, -0.15) is 37.7 Å². The topological polar surface area (TPSA) is 101 Å². The number of alkyl halides is 6. The summed E-state index contributed by atoms with van der Waals surface area (Å²) < 4.78 is 63.5. The molecule has 2 aliphatic heterocycles. The molecule has 2 aliphatic rings. The van der Waals surface area contributed by atoms with Gasteiger partial charge in [0.1, 0.15) is 0 Å². The molecule has 0 radical (unpaired) electrons. The molecule has 2 atom stereocenters. The Balaban J connectivity index is 0.000000343. The molecule has 1 amide bonds. The van der Waals surface area contributed by atoms with Crippen molar-refractivity contribution >= 4 is 29.2 Å². The van der Waals surface area contributed by atoms with Crippen molar-refractivity contribution in [1.82, 2.24) is 14.7 Å². The zero-order valence-corrected chi connectivity index (χ0v) is 19.1. The molecule has 2 fully saturated rings. The van der Waals surface area contributed by atoms with Crippen LogP contribution in [0.4, 0.5) is 26.3 Å². The predicted molar refractivity (Wildman–Crippen MR) is 109 cm³/mol. The van der Waals surface area contributed by atoms with Crippen molar-refractivity contribution in [3.63, 3.8) is 0 Å². The van der Waals surface area contributed by atoms with E-state index in [1.807, 2.05) is 0 Å². The van der Waals surface area contributed by atoms with Gasteiger partial charge in [-0.15, -0.1) is 0 Å². The standard InChI is InChI=1S/C15H23N3OS.2C2HF3O2/c1-16(2)4-5-18-9-13-8-17(10-14(13)15(18)19)7-12-3-6-20-11-12;2*3-2(4,5)1(6)7/h3,6,11,13-14H,4-5,7-10H2,1-2H3;2*(H,6,7)/t13-,14-;;/m0../s1. The molecule has 1 aromatic heterocycles. The number of nitrogens with zero attached hydrogens (tertiary/aromatic N) is 3. The number of carboxylic acids is 2. The van der Waals surface area contributed by atoms with E-state index >= 15 is 0 Å². The summed E-state index contributed by atoms with van der Waals surface area (Å²) in [6, 6.07) is 2.18. The lowest BCUT2D eigenvalue weighted by atomic mass is 10.0. The Morgan fingerprint density at radius 3 is 1.97 bits per heavy atom. The number of aliphatic carboxylic acids is 2. The lowest BCUT2D eigenvalue weighted by molar-refractivity contribution is -0.193. The fourth-order valence-electron chi connectivity index (χ4n) is 3.33. The molecular weight excluding hydrogens is 496 g/mol. The summed E-state index contributed by atoms with van der Waals surface area (Å²) in [5, 5.41) is 18.6. The lowest BCUT2D eigenvalue weighted by Crippen LogP contribution is -2.36. The van der Waals surface area contributed by atoms with Gasteiger partial charge in [0, 0.05) is 45.2 Å². The maximum atomic E-state index is 12.4. The molecule has 2 saturated heterocycles. The van der Waals surface area contributed by atoms with Gasteiger partial charge in [0.15, 0.2) is 0 Å². The van der Waals surface area contributed by atoms with Crippen LogP contribution in [0.15, 0.2) is 16.8 Å². The molecule has 3 heterocycles. The van der Waals surface area contributed by atoms with Gasteiger partial charge in [0.05, 0.1) is 5.92 Å². The largest absolute Gasteiger partial charge is 0.490 e. The minimum absolute atomic E-state index is 0.246. The normalized spacial score (nSPS) is 20.4. The van der Waals surface area contributed by atoms with Crippen LogP contribution < -0.4 is 0 Å². The molecule has 0 unspecified atom stereocenters. The van der Waals surface area contributed by atoms with Crippen molar-refractivity contribution in [3.8, 4) is 0 Å². The van der Waals surface area contributed by atoms with E-state index in [0.29, 0.717) is 11.8 Å². The first-order valence-corrected chi connectivity index (χ1v) is 10.7. The fourth-order valence-corrected chi connectivity index (χ4v) is 3.98. The van der Waals surface area contributed by atoms with Crippen molar-refractivity contribution in [2.75, 3.05) is 46.8 Å². The van der Waals surface area contributed by atoms with Crippen LogP contribution in [0.1, 0.15) is 5.56 Å². The summed E-state index contributed by atoms with van der Waals surface area (Å²) >= 11 is 1.75. The van der Waals surface area contributed by atoms with Gasteiger partial charge in [-0.3, -0.25) is 9.69 Å². The Bertz CT molecular complexity index is 792. The van der Waals surface area contributed by atoms with Crippen LogP contribution in [-0.4, -0.2) is 102 Å². The number of thiophene rings is 1. The monoisotopic (exact) mass is 521 g/mol. The van der Waals surface area contributed by atoms with E-state index < -0.39 is 24.3 Å². The number of likely N-dealkylation sites (tertiary alicyclic amines) is 2. The third-order valence-corrected chi connectivity index (χ3v) is 5.62. The number of rotatable bonds is 5. The predicted octanol–water partition coefficient (Wildman–Crippen LogP) is 2.47. The number of carbonyl (C=O) groups is 3. The first-order chi connectivity index (χ1) is 15.5. The van der Waals surface area contributed by atoms with Crippen molar-refractivity contribution < 1.29 is 50.9 Å². The molecular formula is C19H25F6N3O5S. The third kappa shape index (κ3) is 9.85. The zero-order valence-electron chi connectivity index (χ0n) is 18.3. The second-order valence-corrected chi connectivity index (χ2v) is 8.67. The third-order valence-electron chi connectivity index (χ3n) is 4.89. The number of carboxylic acid groups (broad SMARTS) is 2. The smallest absolute Gasteiger partial charge is 0.475 e. The summed E-state index contributed by atoms with van der Waals surface area (Å²) in [7, 11) is 4.12. The Labute approximate surface area is 195 Å². The van der Waals surface area contributed by atoms with Crippen LogP contribution in [0, 0.1) is 11.8 Å². The van der Waals surface area contributed by atoms with E-state index in [2.05, 4.69) is 45.6 Å². The average Bonchev–Trinajstić information content (AvgIpc) is 3.39. The maximum absolute atomic E-state index is 12.4. The van der Waals surface area contributed by atoms with E-state index in [4.69, 9.17) is 19.8 Å². The van der Waals surface area contributed by atoms with Gasteiger partial charge in [0.25, 0.3) is 0 Å². The average molecular weight is 521 g/mol. The molecule has 0 aliphatic carbocycles. The summed E-state index contributed by atoms with van der Waals surface area (Å²) in [6.45, 7) is 5.81. The summed E-state index contributed by atoms with van der Waals surface area (Å²) in [4.78, 5) is 36.9. The van der Waals surface area contributed by atoms with Gasteiger partial charge in [-0.05, 0) is 36.5 Å². The van der Waals surface area contributed by atoms with Gasteiger partial charge in [-0.25, -0.2) is 9.59 Å². The highest BCUT2D eigenvalue weighted by Crippen LogP contribution is 2.33. The number of hydrogen-bond donors (Lipinski definition) is 2. The van der Waals surface area contributed by atoms with Crippen LogP contribution in [-0.2, 0) is 20.9 Å². The van der Waals surface area contributed by atoms with Crippen molar-refractivity contribution in [2.24, 2.45) is 11.8 Å². The second-order valence-electron chi connectivity index (χ2n) is 7.89. The summed E-state index contributed by atoms with van der Waals surface area (Å²) in [5.74, 6) is -4.34. The Morgan fingerprint density at radius 2 is 1.59 bits per heavy atom. The lowest BCUT2D eigenvalue weighted by Gasteiger charge is -2.22. The molecule has 0 aromatic carbocycles. The highest BCUT2D eigenvalue weighted by molar-refractivity contribution is 7.07. The van der Waals surface area contributed by atoms with Gasteiger partial charge >= 0.3 is 24.3 Å². The number of fused-ring (bicyclic) bond motifs is 1. The number of amides is 1. The number of halogens is 6. The molecule has 0 bridgehead atoms. The molecule has 194 valence electrons. The van der Waals surface area contributed by atoms with Crippen LogP contribution in [0.2, 0.25) is 0 Å². The van der Waals surface area contributed by atoms with Crippen LogP contribution >= 0.6 is 11.3 Å². The van der Waals surface area contributed by atoms with E-state index in [9.17, 15) is 31.1 Å². The molecule has 3 rings (SSSR count). The number of carbonyl (C=O) groups excluding carboxylic acids is 1. The minimum atomic E-state index is -5.08. The van der Waals surface area contributed by atoms with Crippen LogP contribution in [0.3, 0.4) is 0 Å².